The number of methoxy groups -OCH3 is 1. The molecule has 0 spiro atoms. The van der Waals surface area contributed by atoms with Crippen LogP contribution in [0.25, 0.3) is 11.5 Å². The minimum Gasteiger partial charge on any atom is -0.480 e. The Kier molecular flexibility index (Phi) is 3.52. The van der Waals surface area contributed by atoms with Crippen LogP contribution in [0.3, 0.4) is 0 Å². The zero-order valence-corrected chi connectivity index (χ0v) is 11.7. The van der Waals surface area contributed by atoms with E-state index < -0.39 is 5.41 Å². The van der Waals surface area contributed by atoms with Crippen LogP contribution >= 0.6 is 0 Å². The van der Waals surface area contributed by atoms with Crippen molar-refractivity contribution in [3.8, 4) is 23.5 Å². The van der Waals surface area contributed by atoms with Gasteiger partial charge in [-0.3, -0.25) is 0 Å². The Hall–Kier alpha value is -2.49. The Bertz CT molecular complexity index is 653. The lowest BCUT2D eigenvalue weighted by Gasteiger charge is -2.26. The minimum absolute atomic E-state index is 0.348. The lowest BCUT2D eigenvalue weighted by atomic mass is 9.75. The molecule has 2 aromatic heterocycles. The molecule has 108 valence electrons. The van der Waals surface area contributed by atoms with Crippen molar-refractivity contribution in [3.05, 3.63) is 18.0 Å². The summed E-state index contributed by atoms with van der Waals surface area (Å²) >= 11 is 0. The van der Waals surface area contributed by atoms with Crippen LogP contribution in [0.4, 0.5) is 0 Å². The second-order valence-electron chi connectivity index (χ2n) is 5.14. The second-order valence-corrected chi connectivity index (χ2v) is 5.14. The van der Waals surface area contributed by atoms with Gasteiger partial charge < -0.3 is 9.26 Å². The van der Waals surface area contributed by atoms with Crippen molar-refractivity contribution in [2.75, 3.05) is 7.11 Å². The summed E-state index contributed by atoms with van der Waals surface area (Å²) in [7, 11) is 1.52. The highest BCUT2D eigenvalue weighted by atomic mass is 16.5. The van der Waals surface area contributed by atoms with Gasteiger partial charge in [0, 0.05) is 6.07 Å². The molecule has 0 unspecified atom stereocenters. The third-order valence-corrected chi connectivity index (χ3v) is 3.83. The average molecular weight is 285 g/mol. The summed E-state index contributed by atoms with van der Waals surface area (Å²) in [5.74, 6) is 1.15. The second kappa shape index (κ2) is 5.48. The van der Waals surface area contributed by atoms with E-state index in [9.17, 15) is 5.26 Å². The normalized spacial score (nSPS) is 17.1. The summed E-state index contributed by atoms with van der Waals surface area (Å²) < 4.78 is 10.3. The summed E-state index contributed by atoms with van der Waals surface area (Å²) in [5.41, 5.74) is -0.154. The van der Waals surface area contributed by atoms with Gasteiger partial charge in [0.15, 0.2) is 0 Å². The van der Waals surface area contributed by atoms with Crippen LogP contribution in [0.1, 0.15) is 38.0 Å². The summed E-state index contributed by atoms with van der Waals surface area (Å²) in [6.45, 7) is 0. The van der Waals surface area contributed by atoms with Crippen molar-refractivity contribution >= 4 is 0 Å². The third-order valence-electron chi connectivity index (χ3n) is 3.83. The quantitative estimate of drug-likeness (QED) is 0.852. The maximum Gasteiger partial charge on any atom is 0.247 e. The van der Waals surface area contributed by atoms with Gasteiger partial charge in [-0.15, -0.1) is 10.2 Å². The average Bonchev–Trinajstić information content (AvgIpc) is 3.06. The highest BCUT2D eigenvalue weighted by Crippen LogP contribution is 2.38. The SMILES string of the molecule is COc1ccc(-c2noc(C3(C#N)CCCCC3)n2)nn1. The summed E-state index contributed by atoms with van der Waals surface area (Å²) in [6, 6.07) is 5.75. The van der Waals surface area contributed by atoms with Crippen molar-refractivity contribution in [2.24, 2.45) is 0 Å². The third kappa shape index (κ3) is 2.44. The summed E-state index contributed by atoms with van der Waals surface area (Å²) in [4.78, 5) is 4.36. The lowest BCUT2D eigenvalue weighted by molar-refractivity contribution is 0.264. The van der Waals surface area contributed by atoms with Crippen LogP contribution in [0.2, 0.25) is 0 Å². The molecule has 1 aliphatic carbocycles. The minimum atomic E-state index is -0.649. The molecule has 0 atom stereocenters. The molecule has 0 bridgehead atoms. The molecule has 7 nitrogen and oxygen atoms in total. The van der Waals surface area contributed by atoms with Gasteiger partial charge in [0.25, 0.3) is 0 Å². The Morgan fingerprint density at radius 3 is 2.67 bits per heavy atom. The monoisotopic (exact) mass is 285 g/mol. The molecule has 1 aliphatic rings. The van der Waals surface area contributed by atoms with E-state index in [1.165, 1.54) is 7.11 Å². The first-order valence-electron chi connectivity index (χ1n) is 6.91. The van der Waals surface area contributed by atoms with E-state index in [-0.39, 0.29) is 0 Å². The van der Waals surface area contributed by atoms with E-state index in [4.69, 9.17) is 9.26 Å². The topological polar surface area (TPSA) is 97.7 Å². The first-order valence-corrected chi connectivity index (χ1v) is 6.91. The van der Waals surface area contributed by atoms with Crippen molar-refractivity contribution in [1.29, 1.82) is 5.26 Å². The molecule has 0 saturated heterocycles. The molecule has 0 amide bonds. The number of hydrogen-bond donors (Lipinski definition) is 0. The largest absolute Gasteiger partial charge is 0.480 e. The molecule has 1 fully saturated rings. The molecule has 0 aliphatic heterocycles. The van der Waals surface area contributed by atoms with Crippen LogP contribution in [0.5, 0.6) is 5.88 Å². The smallest absolute Gasteiger partial charge is 0.247 e. The van der Waals surface area contributed by atoms with Gasteiger partial charge in [-0.1, -0.05) is 24.4 Å². The fourth-order valence-electron chi connectivity index (χ4n) is 2.60. The first-order chi connectivity index (χ1) is 10.3. The van der Waals surface area contributed by atoms with E-state index in [1.54, 1.807) is 12.1 Å². The molecule has 0 N–H and O–H groups in total. The predicted molar refractivity (Wildman–Crippen MR) is 72.3 cm³/mol. The number of nitrogens with zero attached hydrogens (tertiary/aromatic N) is 5. The van der Waals surface area contributed by atoms with Gasteiger partial charge in [0.05, 0.1) is 13.2 Å². The van der Waals surface area contributed by atoms with Crippen LogP contribution in [-0.2, 0) is 5.41 Å². The molecule has 2 heterocycles. The van der Waals surface area contributed by atoms with E-state index in [0.29, 0.717) is 23.3 Å². The number of nitriles is 1. The maximum atomic E-state index is 9.52. The molecular weight excluding hydrogens is 270 g/mol. The fraction of sp³-hybridized carbons (Fsp3) is 0.500. The van der Waals surface area contributed by atoms with Gasteiger partial charge in [0.1, 0.15) is 11.1 Å². The number of aromatic nitrogens is 4. The van der Waals surface area contributed by atoms with Crippen molar-refractivity contribution in [2.45, 2.75) is 37.5 Å². The van der Waals surface area contributed by atoms with Gasteiger partial charge in [-0.05, 0) is 18.9 Å². The van der Waals surface area contributed by atoms with E-state index in [0.717, 1.165) is 32.1 Å². The van der Waals surface area contributed by atoms with E-state index >= 15 is 0 Å². The molecule has 0 radical (unpaired) electrons. The van der Waals surface area contributed by atoms with Crippen molar-refractivity contribution in [3.63, 3.8) is 0 Å². The number of hydrogen-bond acceptors (Lipinski definition) is 7. The highest BCUT2D eigenvalue weighted by Gasteiger charge is 2.39. The highest BCUT2D eigenvalue weighted by molar-refractivity contribution is 5.47. The molecule has 3 rings (SSSR count). The molecule has 21 heavy (non-hydrogen) atoms. The fourth-order valence-corrected chi connectivity index (χ4v) is 2.60. The molecule has 2 aromatic rings. The molecular formula is C14H15N5O2. The Balaban J connectivity index is 1.90. The predicted octanol–water partition coefficient (Wildman–Crippen LogP) is 2.26. The number of rotatable bonds is 3. The zero-order valence-electron chi connectivity index (χ0n) is 11.7. The van der Waals surface area contributed by atoms with Gasteiger partial charge in [-0.2, -0.15) is 10.2 Å². The van der Waals surface area contributed by atoms with Crippen LogP contribution in [0.15, 0.2) is 16.7 Å². The Labute approximate surface area is 122 Å². The molecule has 0 aromatic carbocycles. The maximum absolute atomic E-state index is 9.52. The van der Waals surface area contributed by atoms with Crippen LogP contribution in [-0.4, -0.2) is 27.4 Å². The zero-order chi connectivity index (χ0) is 14.7. The van der Waals surface area contributed by atoms with Crippen LogP contribution < -0.4 is 4.74 Å². The standard InChI is InChI=1S/C14H15N5O2/c1-20-11-6-5-10(17-18-11)12-16-13(21-19-12)14(9-15)7-3-2-4-8-14/h5-6H,2-4,7-8H2,1H3. The van der Waals surface area contributed by atoms with Crippen LogP contribution in [0, 0.1) is 11.3 Å². The van der Waals surface area contributed by atoms with Gasteiger partial charge in [-0.25, -0.2) is 0 Å². The Morgan fingerprint density at radius 2 is 2.05 bits per heavy atom. The van der Waals surface area contributed by atoms with Crippen molar-refractivity contribution < 1.29 is 9.26 Å². The lowest BCUT2D eigenvalue weighted by Crippen LogP contribution is -2.27. The van der Waals surface area contributed by atoms with Crippen molar-refractivity contribution in [1.82, 2.24) is 20.3 Å². The molecule has 7 heteroatoms. The Morgan fingerprint density at radius 1 is 1.24 bits per heavy atom. The van der Waals surface area contributed by atoms with Gasteiger partial charge >= 0.3 is 0 Å². The van der Waals surface area contributed by atoms with E-state index in [2.05, 4.69) is 26.4 Å². The summed E-state index contributed by atoms with van der Waals surface area (Å²) in [5, 5.41) is 21.3. The van der Waals surface area contributed by atoms with Gasteiger partial charge in [0.2, 0.25) is 17.6 Å². The first kappa shape index (κ1) is 13.5. The number of ether oxygens (including phenoxy) is 1. The molecule has 1 saturated carbocycles. The summed E-state index contributed by atoms with van der Waals surface area (Å²) in [6.07, 6.45) is 4.69. The van der Waals surface area contributed by atoms with E-state index in [1.807, 2.05) is 0 Å².